The van der Waals surface area contributed by atoms with Crippen LogP contribution in [0.4, 0.5) is 0 Å². The fraction of sp³-hybridized carbons (Fsp3) is 0.556. The molecule has 0 radical (unpaired) electrons. The molecule has 1 amide bonds. The van der Waals surface area contributed by atoms with Gasteiger partial charge in [-0.05, 0) is 35.0 Å². The number of carbonyl (C=O) groups is 2. The second-order valence-electron chi connectivity index (χ2n) is 6.69. The van der Waals surface area contributed by atoms with Crippen LogP contribution in [0.2, 0.25) is 0 Å². The Morgan fingerprint density at radius 3 is 2.30 bits per heavy atom. The highest BCUT2D eigenvalue weighted by molar-refractivity contribution is 7.98. The standard InChI is InChI=1S/C18H27NO3S/c1-18(2,3)14-9-7-13(8-10-14)15(12-17(21)22)19-16(20)6-5-11-23-4/h7-10,15H,5-6,11-12H2,1-4H3,(H,19,20)(H,21,22). The maximum Gasteiger partial charge on any atom is 0.305 e. The first-order chi connectivity index (χ1) is 10.7. The Kier molecular flexibility index (Phi) is 7.62. The van der Waals surface area contributed by atoms with Crippen molar-refractivity contribution in [1.29, 1.82) is 0 Å². The van der Waals surface area contributed by atoms with Gasteiger partial charge in [-0.3, -0.25) is 9.59 Å². The average molecular weight is 337 g/mol. The van der Waals surface area contributed by atoms with E-state index in [1.54, 1.807) is 11.8 Å². The van der Waals surface area contributed by atoms with Gasteiger partial charge in [0.05, 0.1) is 12.5 Å². The first kappa shape index (κ1) is 19.6. The highest BCUT2D eigenvalue weighted by Crippen LogP contribution is 2.25. The van der Waals surface area contributed by atoms with Crippen molar-refractivity contribution in [2.24, 2.45) is 0 Å². The molecule has 0 saturated carbocycles. The zero-order chi connectivity index (χ0) is 17.5. The molecular formula is C18H27NO3S. The minimum atomic E-state index is -0.917. The summed E-state index contributed by atoms with van der Waals surface area (Å²) in [4.78, 5) is 23.1. The zero-order valence-electron chi connectivity index (χ0n) is 14.4. The lowest BCUT2D eigenvalue weighted by Crippen LogP contribution is -2.30. The molecule has 128 valence electrons. The van der Waals surface area contributed by atoms with Crippen LogP contribution in [-0.2, 0) is 15.0 Å². The van der Waals surface area contributed by atoms with Crippen LogP contribution >= 0.6 is 11.8 Å². The van der Waals surface area contributed by atoms with E-state index in [4.69, 9.17) is 5.11 Å². The number of carboxylic acids is 1. The SMILES string of the molecule is CSCCCC(=O)NC(CC(=O)O)c1ccc(C(C)(C)C)cc1. The molecular weight excluding hydrogens is 310 g/mol. The van der Waals surface area contributed by atoms with Crippen LogP contribution in [0.1, 0.15) is 57.2 Å². The van der Waals surface area contributed by atoms with Gasteiger partial charge in [0.1, 0.15) is 0 Å². The van der Waals surface area contributed by atoms with Gasteiger partial charge in [0, 0.05) is 6.42 Å². The molecule has 4 nitrogen and oxygen atoms in total. The summed E-state index contributed by atoms with van der Waals surface area (Å²) in [6.45, 7) is 6.39. The summed E-state index contributed by atoms with van der Waals surface area (Å²) in [6, 6.07) is 7.35. The molecule has 1 aromatic carbocycles. The van der Waals surface area contributed by atoms with Crippen LogP contribution < -0.4 is 5.32 Å². The summed E-state index contributed by atoms with van der Waals surface area (Å²) in [5, 5.41) is 12.0. The zero-order valence-corrected chi connectivity index (χ0v) is 15.2. The molecule has 0 aromatic heterocycles. The molecule has 0 aliphatic carbocycles. The third kappa shape index (κ3) is 7.08. The number of thioether (sulfide) groups is 1. The van der Waals surface area contributed by atoms with E-state index in [-0.39, 0.29) is 17.7 Å². The Hall–Kier alpha value is -1.49. The number of carbonyl (C=O) groups excluding carboxylic acids is 1. The van der Waals surface area contributed by atoms with Crippen LogP contribution in [-0.4, -0.2) is 29.0 Å². The van der Waals surface area contributed by atoms with Gasteiger partial charge in [0.25, 0.3) is 0 Å². The molecule has 1 unspecified atom stereocenters. The molecule has 1 atom stereocenters. The molecule has 0 bridgehead atoms. The summed E-state index contributed by atoms with van der Waals surface area (Å²) in [6.07, 6.45) is 3.12. The van der Waals surface area contributed by atoms with Crippen molar-refractivity contribution in [3.05, 3.63) is 35.4 Å². The van der Waals surface area contributed by atoms with E-state index in [1.807, 2.05) is 30.5 Å². The van der Waals surface area contributed by atoms with Gasteiger partial charge in [-0.25, -0.2) is 0 Å². The van der Waals surface area contributed by atoms with Crippen molar-refractivity contribution in [1.82, 2.24) is 5.32 Å². The highest BCUT2D eigenvalue weighted by Gasteiger charge is 2.19. The fourth-order valence-electron chi connectivity index (χ4n) is 2.29. The van der Waals surface area contributed by atoms with Crippen LogP contribution in [0.3, 0.4) is 0 Å². The summed E-state index contributed by atoms with van der Waals surface area (Å²) >= 11 is 1.70. The number of amides is 1. The number of hydrogen-bond acceptors (Lipinski definition) is 3. The minimum absolute atomic E-state index is 0.0435. The lowest BCUT2D eigenvalue weighted by molar-refractivity contribution is -0.137. The topological polar surface area (TPSA) is 66.4 Å². The normalized spacial score (nSPS) is 12.7. The summed E-state index contributed by atoms with van der Waals surface area (Å²) in [5.41, 5.74) is 2.06. The number of nitrogens with one attached hydrogen (secondary N) is 1. The van der Waals surface area contributed by atoms with Crippen molar-refractivity contribution < 1.29 is 14.7 Å². The molecule has 0 aliphatic rings. The monoisotopic (exact) mass is 337 g/mol. The van der Waals surface area contributed by atoms with E-state index in [9.17, 15) is 9.59 Å². The first-order valence-corrected chi connectivity index (χ1v) is 9.24. The van der Waals surface area contributed by atoms with Gasteiger partial charge in [0.15, 0.2) is 0 Å². The summed E-state index contributed by atoms with van der Waals surface area (Å²) in [5.74, 6) is -0.0818. The number of rotatable bonds is 8. The van der Waals surface area contributed by atoms with Gasteiger partial charge >= 0.3 is 5.97 Å². The fourth-order valence-corrected chi connectivity index (χ4v) is 2.72. The lowest BCUT2D eigenvalue weighted by Gasteiger charge is -2.22. The van der Waals surface area contributed by atoms with E-state index < -0.39 is 12.0 Å². The minimum Gasteiger partial charge on any atom is -0.481 e. The van der Waals surface area contributed by atoms with Crippen LogP contribution in [0.25, 0.3) is 0 Å². The van der Waals surface area contributed by atoms with Crippen molar-refractivity contribution in [2.45, 2.75) is 51.5 Å². The number of aliphatic carboxylic acids is 1. The second-order valence-corrected chi connectivity index (χ2v) is 7.67. The molecule has 0 fully saturated rings. The van der Waals surface area contributed by atoms with E-state index in [1.165, 1.54) is 5.56 Å². The average Bonchev–Trinajstić information content (AvgIpc) is 2.45. The Labute approximate surface area is 143 Å². The van der Waals surface area contributed by atoms with Gasteiger partial charge in [-0.2, -0.15) is 11.8 Å². The molecule has 0 heterocycles. The van der Waals surface area contributed by atoms with Crippen molar-refractivity contribution in [2.75, 3.05) is 12.0 Å². The number of carboxylic acid groups (broad SMARTS) is 1. The molecule has 1 aromatic rings. The smallest absolute Gasteiger partial charge is 0.305 e. The molecule has 5 heteroatoms. The molecule has 23 heavy (non-hydrogen) atoms. The van der Waals surface area contributed by atoms with E-state index >= 15 is 0 Å². The Morgan fingerprint density at radius 1 is 1.22 bits per heavy atom. The number of hydrogen-bond donors (Lipinski definition) is 2. The lowest BCUT2D eigenvalue weighted by atomic mass is 9.86. The molecule has 0 saturated heterocycles. The van der Waals surface area contributed by atoms with E-state index in [2.05, 4.69) is 26.1 Å². The Bertz CT molecular complexity index is 520. The maximum atomic E-state index is 12.0. The highest BCUT2D eigenvalue weighted by atomic mass is 32.2. The van der Waals surface area contributed by atoms with Crippen LogP contribution in [0.5, 0.6) is 0 Å². The van der Waals surface area contributed by atoms with Gasteiger partial charge in [0.2, 0.25) is 5.91 Å². The largest absolute Gasteiger partial charge is 0.481 e. The quantitative estimate of drug-likeness (QED) is 0.709. The van der Waals surface area contributed by atoms with Gasteiger partial charge < -0.3 is 10.4 Å². The Morgan fingerprint density at radius 2 is 1.83 bits per heavy atom. The molecule has 0 spiro atoms. The van der Waals surface area contributed by atoms with Crippen molar-refractivity contribution in [3.63, 3.8) is 0 Å². The van der Waals surface area contributed by atoms with Crippen molar-refractivity contribution >= 4 is 23.6 Å². The summed E-state index contributed by atoms with van der Waals surface area (Å²) < 4.78 is 0. The van der Waals surface area contributed by atoms with Crippen molar-refractivity contribution in [3.8, 4) is 0 Å². The summed E-state index contributed by atoms with van der Waals surface area (Å²) in [7, 11) is 0. The van der Waals surface area contributed by atoms with Gasteiger partial charge in [-0.15, -0.1) is 0 Å². The maximum absolute atomic E-state index is 12.0. The third-order valence-corrected chi connectivity index (χ3v) is 4.34. The van der Waals surface area contributed by atoms with Gasteiger partial charge in [-0.1, -0.05) is 45.0 Å². The predicted molar refractivity (Wildman–Crippen MR) is 95.9 cm³/mol. The first-order valence-electron chi connectivity index (χ1n) is 7.84. The molecule has 2 N–H and O–H groups in total. The third-order valence-electron chi connectivity index (χ3n) is 3.65. The van der Waals surface area contributed by atoms with Crippen LogP contribution in [0.15, 0.2) is 24.3 Å². The predicted octanol–water partition coefficient (Wildman–Crippen LogP) is 3.76. The molecule has 0 aliphatic heterocycles. The number of benzene rings is 1. The van der Waals surface area contributed by atoms with E-state index in [0.717, 1.165) is 17.7 Å². The Balaban J connectivity index is 2.81. The van der Waals surface area contributed by atoms with E-state index in [0.29, 0.717) is 6.42 Å². The van der Waals surface area contributed by atoms with Crippen LogP contribution in [0, 0.1) is 0 Å². The second kappa shape index (κ2) is 8.96. The molecule has 1 rings (SSSR count).